The molecule has 0 amide bonds. The molecule has 3 aromatic rings. The van der Waals surface area contributed by atoms with Gasteiger partial charge in [-0.2, -0.15) is 18.3 Å². The van der Waals surface area contributed by atoms with Gasteiger partial charge in [0.25, 0.3) is 0 Å². The molecule has 4 rings (SSSR count). The Hall–Kier alpha value is -2.87. The molecule has 5 nitrogen and oxygen atoms in total. The zero-order valence-corrected chi connectivity index (χ0v) is 17.6. The molecule has 0 unspecified atom stereocenters. The van der Waals surface area contributed by atoms with Gasteiger partial charge >= 0.3 is 6.18 Å². The number of hydrogen-bond acceptors (Lipinski definition) is 5. The molecule has 0 bridgehead atoms. The molecule has 1 fully saturated rings. The van der Waals surface area contributed by atoms with Crippen LogP contribution in [0.3, 0.4) is 0 Å². The Kier molecular flexibility index (Phi) is 5.75. The van der Waals surface area contributed by atoms with Crippen LogP contribution in [0.4, 0.5) is 19.0 Å². The lowest BCUT2D eigenvalue weighted by Gasteiger charge is -2.21. The molecule has 2 atom stereocenters. The standard InChI is InChI=1S/C23H24F3N3O2/c1-13-17(6-4-7-20(13)23(24,25)26)14(2)27-22-19-12-16(31-21-8-5-11-30-21)9-10-18(19)15(3)28-29-22/h4,6-7,9-10,12,14,21H,5,8,11H2,1-3H3,(H,27,29)/t14-,21+/m1/s1. The summed E-state index contributed by atoms with van der Waals surface area (Å²) >= 11 is 0. The number of nitrogens with zero attached hydrogens (tertiary/aromatic N) is 2. The van der Waals surface area contributed by atoms with E-state index in [0.717, 1.165) is 35.4 Å². The minimum atomic E-state index is -4.40. The third-order valence-corrected chi connectivity index (χ3v) is 5.59. The van der Waals surface area contributed by atoms with Gasteiger partial charge in [0.15, 0.2) is 12.1 Å². The number of alkyl halides is 3. The second kappa shape index (κ2) is 8.34. The van der Waals surface area contributed by atoms with Crippen molar-refractivity contribution in [2.45, 2.75) is 52.1 Å². The molecule has 0 radical (unpaired) electrons. The number of aryl methyl sites for hydroxylation is 1. The Morgan fingerprint density at radius 1 is 1.13 bits per heavy atom. The first-order chi connectivity index (χ1) is 14.7. The van der Waals surface area contributed by atoms with Gasteiger partial charge in [0.2, 0.25) is 0 Å². The second-order valence-electron chi connectivity index (χ2n) is 7.79. The zero-order valence-electron chi connectivity index (χ0n) is 17.6. The van der Waals surface area contributed by atoms with Gasteiger partial charge < -0.3 is 14.8 Å². The Balaban J connectivity index is 1.67. The maximum atomic E-state index is 13.3. The number of fused-ring (bicyclic) bond motifs is 1. The van der Waals surface area contributed by atoms with Crippen LogP contribution in [-0.4, -0.2) is 23.1 Å². The highest BCUT2D eigenvalue weighted by Gasteiger charge is 2.33. The SMILES string of the molecule is Cc1c([C@@H](C)Nc2nnc(C)c3ccc(O[C@H]4CCCO4)cc23)cccc1C(F)(F)F. The van der Waals surface area contributed by atoms with E-state index in [1.807, 2.05) is 32.0 Å². The average molecular weight is 431 g/mol. The van der Waals surface area contributed by atoms with Crippen molar-refractivity contribution in [2.24, 2.45) is 0 Å². The lowest BCUT2D eigenvalue weighted by Crippen LogP contribution is -2.15. The average Bonchev–Trinajstić information content (AvgIpc) is 3.22. The Morgan fingerprint density at radius 2 is 1.94 bits per heavy atom. The van der Waals surface area contributed by atoms with Gasteiger partial charge in [0.05, 0.1) is 23.9 Å². The van der Waals surface area contributed by atoms with E-state index in [-0.39, 0.29) is 11.9 Å². The lowest BCUT2D eigenvalue weighted by molar-refractivity contribution is -0.138. The van der Waals surface area contributed by atoms with Crippen LogP contribution in [0, 0.1) is 13.8 Å². The number of benzene rings is 2. The number of hydrogen-bond donors (Lipinski definition) is 1. The molecular weight excluding hydrogens is 407 g/mol. The van der Waals surface area contributed by atoms with Gasteiger partial charge in [0, 0.05) is 17.2 Å². The second-order valence-corrected chi connectivity index (χ2v) is 7.79. The molecule has 0 saturated carbocycles. The summed E-state index contributed by atoms with van der Waals surface area (Å²) in [6.07, 6.45) is -2.87. The van der Waals surface area contributed by atoms with Crippen molar-refractivity contribution in [3.8, 4) is 5.75 Å². The van der Waals surface area contributed by atoms with Gasteiger partial charge in [-0.15, -0.1) is 5.10 Å². The predicted molar refractivity (Wildman–Crippen MR) is 112 cm³/mol. The summed E-state index contributed by atoms with van der Waals surface area (Å²) in [5.41, 5.74) is 0.872. The first kappa shape index (κ1) is 21.4. The fourth-order valence-electron chi connectivity index (χ4n) is 3.95. The number of anilines is 1. The molecule has 164 valence electrons. The van der Waals surface area contributed by atoms with E-state index in [1.54, 1.807) is 6.07 Å². The van der Waals surface area contributed by atoms with Crippen molar-refractivity contribution in [1.82, 2.24) is 10.2 Å². The van der Waals surface area contributed by atoms with Gasteiger partial charge in [-0.05, 0) is 62.6 Å². The van der Waals surface area contributed by atoms with Gasteiger partial charge in [-0.1, -0.05) is 12.1 Å². The summed E-state index contributed by atoms with van der Waals surface area (Å²) in [6.45, 7) is 5.84. The zero-order chi connectivity index (χ0) is 22.2. The number of rotatable bonds is 5. The molecule has 1 N–H and O–H groups in total. The normalized spacial score (nSPS) is 17.7. The highest BCUT2D eigenvalue weighted by atomic mass is 19.4. The summed E-state index contributed by atoms with van der Waals surface area (Å²) in [5, 5.41) is 13.4. The van der Waals surface area contributed by atoms with Crippen molar-refractivity contribution in [2.75, 3.05) is 11.9 Å². The number of halogens is 3. The molecule has 1 aliphatic rings. The maximum absolute atomic E-state index is 13.3. The Bertz CT molecular complexity index is 1100. The minimum Gasteiger partial charge on any atom is -0.465 e. The third-order valence-electron chi connectivity index (χ3n) is 5.59. The molecule has 1 aromatic heterocycles. The number of aromatic nitrogens is 2. The molecule has 2 aromatic carbocycles. The van der Waals surface area contributed by atoms with E-state index in [2.05, 4.69) is 15.5 Å². The summed E-state index contributed by atoms with van der Waals surface area (Å²) in [4.78, 5) is 0. The Labute approximate surface area is 178 Å². The number of nitrogens with one attached hydrogen (secondary N) is 1. The quantitative estimate of drug-likeness (QED) is 0.541. The molecule has 2 heterocycles. The van der Waals surface area contributed by atoms with E-state index in [1.165, 1.54) is 13.0 Å². The van der Waals surface area contributed by atoms with Crippen molar-refractivity contribution in [3.63, 3.8) is 0 Å². The van der Waals surface area contributed by atoms with Crippen molar-refractivity contribution >= 4 is 16.6 Å². The molecule has 8 heteroatoms. The monoisotopic (exact) mass is 431 g/mol. The van der Waals surface area contributed by atoms with Crippen LogP contribution in [0.1, 0.15) is 48.2 Å². The van der Waals surface area contributed by atoms with Crippen molar-refractivity contribution in [3.05, 3.63) is 58.8 Å². The van der Waals surface area contributed by atoms with E-state index in [9.17, 15) is 13.2 Å². The topological polar surface area (TPSA) is 56.3 Å². The Morgan fingerprint density at radius 3 is 2.65 bits per heavy atom. The third kappa shape index (κ3) is 4.44. The molecule has 1 saturated heterocycles. The molecule has 1 aliphatic heterocycles. The molecule has 0 spiro atoms. The first-order valence-electron chi connectivity index (χ1n) is 10.2. The van der Waals surface area contributed by atoms with Crippen LogP contribution in [0.15, 0.2) is 36.4 Å². The van der Waals surface area contributed by atoms with Crippen LogP contribution < -0.4 is 10.1 Å². The van der Waals surface area contributed by atoms with Crippen molar-refractivity contribution in [1.29, 1.82) is 0 Å². The van der Waals surface area contributed by atoms with Crippen LogP contribution in [0.2, 0.25) is 0 Å². The summed E-state index contributed by atoms with van der Waals surface area (Å²) < 4.78 is 51.4. The molecular formula is C23H24F3N3O2. The van der Waals surface area contributed by atoms with Crippen LogP contribution in [0.25, 0.3) is 10.8 Å². The fraction of sp³-hybridized carbons (Fsp3) is 0.391. The summed E-state index contributed by atoms with van der Waals surface area (Å²) in [5.74, 6) is 1.14. The van der Waals surface area contributed by atoms with Gasteiger partial charge in [0.1, 0.15) is 5.75 Å². The minimum absolute atomic E-state index is 0.196. The van der Waals surface area contributed by atoms with E-state index in [4.69, 9.17) is 9.47 Å². The largest absolute Gasteiger partial charge is 0.465 e. The first-order valence-corrected chi connectivity index (χ1v) is 10.2. The predicted octanol–water partition coefficient (Wildman–Crippen LogP) is 5.95. The molecule has 0 aliphatic carbocycles. The van der Waals surface area contributed by atoms with Crippen LogP contribution in [-0.2, 0) is 10.9 Å². The smallest absolute Gasteiger partial charge is 0.416 e. The van der Waals surface area contributed by atoms with E-state index in [0.29, 0.717) is 23.7 Å². The summed E-state index contributed by atoms with van der Waals surface area (Å²) in [7, 11) is 0. The van der Waals surface area contributed by atoms with Crippen LogP contribution in [0.5, 0.6) is 5.75 Å². The van der Waals surface area contributed by atoms with E-state index < -0.39 is 17.8 Å². The molecule has 31 heavy (non-hydrogen) atoms. The fourth-order valence-corrected chi connectivity index (χ4v) is 3.95. The van der Waals surface area contributed by atoms with Gasteiger partial charge in [-0.3, -0.25) is 0 Å². The number of ether oxygens (including phenoxy) is 2. The summed E-state index contributed by atoms with van der Waals surface area (Å²) in [6, 6.07) is 9.45. The van der Waals surface area contributed by atoms with Crippen LogP contribution >= 0.6 is 0 Å². The maximum Gasteiger partial charge on any atom is 0.416 e. The van der Waals surface area contributed by atoms with E-state index >= 15 is 0 Å². The highest BCUT2D eigenvalue weighted by Crippen LogP contribution is 2.36. The van der Waals surface area contributed by atoms with Crippen molar-refractivity contribution < 1.29 is 22.6 Å². The lowest BCUT2D eigenvalue weighted by atomic mass is 9.97. The van der Waals surface area contributed by atoms with Gasteiger partial charge in [-0.25, -0.2) is 0 Å². The highest BCUT2D eigenvalue weighted by molar-refractivity contribution is 5.94.